The van der Waals surface area contributed by atoms with Crippen LogP contribution in [0.1, 0.15) is 25.6 Å². The van der Waals surface area contributed by atoms with Gasteiger partial charge in [-0.2, -0.15) is 0 Å². The number of rotatable bonds is 4. The Hall–Kier alpha value is -2.31. The van der Waals surface area contributed by atoms with Gasteiger partial charge in [0.05, 0.1) is 21.6 Å². The number of hydrogen-bond donors (Lipinski definition) is 0. The van der Waals surface area contributed by atoms with Crippen molar-refractivity contribution in [2.45, 2.75) is 30.8 Å². The Balaban J connectivity index is 1.71. The van der Waals surface area contributed by atoms with E-state index in [1.54, 1.807) is 4.57 Å². The molecular formula is C19H17ClN4OS. The van der Waals surface area contributed by atoms with Gasteiger partial charge >= 0.3 is 0 Å². The van der Waals surface area contributed by atoms with E-state index in [0.717, 1.165) is 16.9 Å². The van der Waals surface area contributed by atoms with Crippen LogP contribution in [0.25, 0.3) is 16.6 Å². The molecule has 5 nitrogen and oxygen atoms in total. The molecule has 3 aromatic heterocycles. The molecule has 0 radical (unpaired) electrons. The average Bonchev–Trinajstić information content (AvgIpc) is 3.01. The number of fused-ring (bicyclic) bond motifs is 2. The maximum Gasteiger partial charge on any atom is 0.262 e. The van der Waals surface area contributed by atoms with Gasteiger partial charge in [0, 0.05) is 24.2 Å². The van der Waals surface area contributed by atoms with Crippen LogP contribution in [-0.2, 0) is 5.75 Å². The zero-order chi connectivity index (χ0) is 18.3. The summed E-state index contributed by atoms with van der Waals surface area (Å²) in [6, 6.07) is 11.2. The van der Waals surface area contributed by atoms with E-state index in [2.05, 4.69) is 4.98 Å². The van der Waals surface area contributed by atoms with Gasteiger partial charge in [0.1, 0.15) is 5.65 Å². The summed E-state index contributed by atoms with van der Waals surface area (Å²) in [7, 11) is 0. The van der Waals surface area contributed by atoms with Gasteiger partial charge < -0.3 is 4.40 Å². The topological polar surface area (TPSA) is 52.2 Å². The third kappa shape index (κ3) is 3.10. The first-order chi connectivity index (χ1) is 12.5. The van der Waals surface area contributed by atoms with Crippen molar-refractivity contribution in [1.82, 2.24) is 18.9 Å². The second-order valence-electron chi connectivity index (χ2n) is 6.31. The highest BCUT2D eigenvalue weighted by molar-refractivity contribution is 7.98. The zero-order valence-corrected chi connectivity index (χ0v) is 16.0. The Morgan fingerprint density at radius 1 is 1.12 bits per heavy atom. The van der Waals surface area contributed by atoms with Crippen LogP contribution in [0.2, 0.25) is 5.02 Å². The van der Waals surface area contributed by atoms with E-state index in [9.17, 15) is 4.79 Å². The van der Waals surface area contributed by atoms with E-state index < -0.39 is 0 Å². The molecule has 0 N–H and O–H groups in total. The third-order valence-corrected chi connectivity index (χ3v) is 5.32. The normalized spacial score (nSPS) is 11.7. The monoisotopic (exact) mass is 384 g/mol. The summed E-state index contributed by atoms with van der Waals surface area (Å²) in [4.78, 5) is 22.2. The van der Waals surface area contributed by atoms with Crippen molar-refractivity contribution in [1.29, 1.82) is 0 Å². The second-order valence-corrected chi connectivity index (χ2v) is 7.69. The van der Waals surface area contributed by atoms with Crippen LogP contribution in [0.15, 0.2) is 58.7 Å². The molecule has 0 saturated carbocycles. The highest BCUT2D eigenvalue weighted by Crippen LogP contribution is 2.24. The Kier molecular flexibility index (Phi) is 4.46. The first kappa shape index (κ1) is 17.1. The quantitative estimate of drug-likeness (QED) is 0.382. The molecule has 0 atom stereocenters. The molecule has 1 aromatic carbocycles. The van der Waals surface area contributed by atoms with Gasteiger partial charge in [0.15, 0.2) is 5.16 Å². The standard InChI is InChI=1S/C19H17ClN4OS/c1-12(2)24-18(25)15-5-3-4-6-16(15)22-19(24)26-11-14-10-23-9-13(20)7-8-17(23)21-14/h3-10,12H,11H2,1-2H3. The van der Waals surface area contributed by atoms with Crippen LogP contribution in [0.5, 0.6) is 0 Å². The van der Waals surface area contributed by atoms with E-state index >= 15 is 0 Å². The van der Waals surface area contributed by atoms with Gasteiger partial charge in [-0.05, 0) is 38.1 Å². The predicted octanol–water partition coefficient (Wildman–Crippen LogP) is 4.57. The van der Waals surface area contributed by atoms with Crippen LogP contribution in [0.4, 0.5) is 0 Å². The van der Waals surface area contributed by atoms with Crippen molar-refractivity contribution >= 4 is 39.9 Å². The molecule has 4 rings (SSSR count). The SMILES string of the molecule is CC(C)n1c(SCc2cn3cc(Cl)ccc3n2)nc2ccccc2c1=O. The van der Waals surface area contributed by atoms with Gasteiger partial charge in [0.25, 0.3) is 5.56 Å². The molecule has 132 valence electrons. The number of aromatic nitrogens is 4. The van der Waals surface area contributed by atoms with E-state index in [4.69, 9.17) is 16.6 Å². The number of halogens is 1. The number of benzene rings is 1. The first-order valence-corrected chi connectivity index (χ1v) is 9.66. The highest BCUT2D eigenvalue weighted by Gasteiger charge is 2.14. The molecule has 7 heteroatoms. The minimum atomic E-state index is -0.00474. The van der Waals surface area contributed by atoms with Crippen molar-refractivity contribution in [3.8, 4) is 0 Å². The third-order valence-electron chi connectivity index (χ3n) is 4.11. The summed E-state index contributed by atoms with van der Waals surface area (Å²) in [5.41, 5.74) is 2.47. The summed E-state index contributed by atoms with van der Waals surface area (Å²) in [5.74, 6) is 0.622. The Bertz CT molecular complexity index is 1170. The van der Waals surface area contributed by atoms with Crippen LogP contribution >= 0.6 is 23.4 Å². The molecule has 4 aromatic rings. The molecule has 0 bridgehead atoms. The smallest absolute Gasteiger partial charge is 0.262 e. The van der Waals surface area contributed by atoms with Crippen LogP contribution in [-0.4, -0.2) is 18.9 Å². The summed E-state index contributed by atoms with van der Waals surface area (Å²) in [6.07, 6.45) is 3.78. The van der Waals surface area contributed by atoms with Crippen molar-refractivity contribution < 1.29 is 0 Å². The van der Waals surface area contributed by atoms with Crippen molar-refractivity contribution in [3.05, 3.63) is 69.9 Å². The number of pyridine rings is 1. The minimum Gasteiger partial charge on any atom is -0.305 e. The maximum absolute atomic E-state index is 12.9. The second kappa shape index (κ2) is 6.78. The Morgan fingerprint density at radius 3 is 2.73 bits per heavy atom. The Labute approximate surface area is 159 Å². The molecular weight excluding hydrogens is 368 g/mol. The lowest BCUT2D eigenvalue weighted by molar-refractivity contribution is 0.519. The molecule has 3 heterocycles. The van der Waals surface area contributed by atoms with Crippen LogP contribution in [0.3, 0.4) is 0 Å². The van der Waals surface area contributed by atoms with Gasteiger partial charge in [-0.3, -0.25) is 9.36 Å². The van der Waals surface area contributed by atoms with Gasteiger partial charge in [-0.15, -0.1) is 0 Å². The van der Waals surface area contributed by atoms with Gasteiger partial charge in [0.2, 0.25) is 0 Å². The van der Waals surface area contributed by atoms with Gasteiger partial charge in [-0.1, -0.05) is 35.5 Å². The number of imidazole rings is 1. The summed E-state index contributed by atoms with van der Waals surface area (Å²) in [5, 5.41) is 2.02. The fourth-order valence-electron chi connectivity index (χ4n) is 2.91. The Morgan fingerprint density at radius 2 is 1.92 bits per heavy atom. The number of hydrogen-bond acceptors (Lipinski definition) is 4. The lowest BCUT2D eigenvalue weighted by atomic mass is 10.2. The summed E-state index contributed by atoms with van der Waals surface area (Å²) in [6.45, 7) is 3.99. The van der Waals surface area contributed by atoms with Crippen molar-refractivity contribution in [2.24, 2.45) is 0 Å². The number of thioether (sulfide) groups is 1. The molecule has 26 heavy (non-hydrogen) atoms. The van der Waals surface area contributed by atoms with Crippen LogP contribution in [0, 0.1) is 0 Å². The summed E-state index contributed by atoms with van der Waals surface area (Å²) >= 11 is 7.55. The van der Waals surface area contributed by atoms with E-state index in [1.807, 2.05) is 67.0 Å². The zero-order valence-electron chi connectivity index (χ0n) is 14.4. The van der Waals surface area contributed by atoms with E-state index in [1.165, 1.54) is 11.8 Å². The van der Waals surface area contributed by atoms with Gasteiger partial charge in [-0.25, -0.2) is 9.97 Å². The lowest BCUT2D eigenvalue weighted by Gasteiger charge is -2.15. The number of para-hydroxylation sites is 1. The van der Waals surface area contributed by atoms with Crippen LogP contribution < -0.4 is 5.56 Å². The molecule has 0 aliphatic rings. The molecule has 0 unspecified atom stereocenters. The predicted molar refractivity (Wildman–Crippen MR) is 106 cm³/mol. The highest BCUT2D eigenvalue weighted by atomic mass is 35.5. The molecule has 0 aliphatic carbocycles. The molecule has 0 fully saturated rings. The average molecular weight is 385 g/mol. The van der Waals surface area contributed by atoms with Crippen molar-refractivity contribution in [2.75, 3.05) is 0 Å². The fourth-order valence-corrected chi connectivity index (χ4v) is 4.09. The van der Waals surface area contributed by atoms with E-state index in [-0.39, 0.29) is 11.6 Å². The number of nitrogens with zero attached hydrogens (tertiary/aromatic N) is 4. The minimum absolute atomic E-state index is 0.00474. The molecule has 0 spiro atoms. The summed E-state index contributed by atoms with van der Waals surface area (Å²) < 4.78 is 3.65. The largest absolute Gasteiger partial charge is 0.305 e. The fraction of sp³-hybridized carbons (Fsp3) is 0.211. The molecule has 0 aliphatic heterocycles. The van der Waals surface area contributed by atoms with Crippen molar-refractivity contribution in [3.63, 3.8) is 0 Å². The maximum atomic E-state index is 12.9. The molecule has 0 amide bonds. The lowest BCUT2D eigenvalue weighted by Crippen LogP contribution is -2.25. The first-order valence-electron chi connectivity index (χ1n) is 8.30. The molecule has 0 saturated heterocycles. The van der Waals surface area contributed by atoms with E-state index in [0.29, 0.717) is 21.3 Å².